The fourth-order valence-electron chi connectivity index (χ4n) is 4.02. The van der Waals surface area contributed by atoms with Crippen LogP contribution < -0.4 is 0 Å². The number of ketones is 1. The molecule has 1 aliphatic rings. The third-order valence-electron chi connectivity index (χ3n) is 5.78. The van der Waals surface area contributed by atoms with Gasteiger partial charge in [0.2, 0.25) is 0 Å². The van der Waals surface area contributed by atoms with Gasteiger partial charge in [-0.25, -0.2) is 8.78 Å². The summed E-state index contributed by atoms with van der Waals surface area (Å²) in [5.74, 6) is -1.92. The Bertz CT molecular complexity index is 1120. The molecule has 33 heavy (non-hydrogen) atoms. The van der Waals surface area contributed by atoms with Crippen LogP contribution in [0.15, 0.2) is 46.5 Å². The summed E-state index contributed by atoms with van der Waals surface area (Å²) in [6, 6.07) is 9.96. The average molecular weight is 473 g/mol. The smallest absolute Gasteiger partial charge is 0.196 e. The van der Waals surface area contributed by atoms with Crippen LogP contribution in [0, 0.1) is 11.6 Å². The predicted octanol–water partition coefficient (Wildman–Crippen LogP) is 4.46. The molecule has 0 amide bonds. The number of halogens is 2. The molecular formula is C24H26F2N4O2S. The lowest BCUT2D eigenvalue weighted by Crippen LogP contribution is -2.23. The van der Waals surface area contributed by atoms with Gasteiger partial charge in [-0.2, -0.15) is 0 Å². The first-order chi connectivity index (χ1) is 16.0. The van der Waals surface area contributed by atoms with Crippen LogP contribution >= 0.6 is 11.8 Å². The minimum absolute atomic E-state index is 0.211. The van der Waals surface area contributed by atoms with Crippen LogP contribution in [0.2, 0.25) is 0 Å². The van der Waals surface area contributed by atoms with Gasteiger partial charge in [-0.05, 0) is 61.5 Å². The Hall–Kier alpha value is -2.62. The van der Waals surface area contributed by atoms with Gasteiger partial charge in [-0.3, -0.25) is 9.69 Å². The minimum Gasteiger partial charge on any atom is -0.388 e. The zero-order valence-corrected chi connectivity index (χ0v) is 19.2. The van der Waals surface area contributed by atoms with E-state index >= 15 is 0 Å². The van der Waals surface area contributed by atoms with Crippen molar-refractivity contribution in [2.75, 3.05) is 19.7 Å². The Morgan fingerprint density at radius 1 is 1.06 bits per heavy atom. The maximum absolute atomic E-state index is 14.5. The number of Topliss-reactive ketones (excluding diaryl/α,β-unsaturated/α-hetero) is 1. The second-order valence-corrected chi connectivity index (χ2v) is 9.19. The highest BCUT2D eigenvalue weighted by atomic mass is 32.2. The lowest BCUT2D eigenvalue weighted by atomic mass is 10.1. The number of benzene rings is 2. The zero-order chi connectivity index (χ0) is 23.4. The van der Waals surface area contributed by atoms with Crippen molar-refractivity contribution >= 4 is 17.5 Å². The first-order valence-corrected chi connectivity index (χ1v) is 11.8. The molecule has 4 rings (SSSR count). The number of aromatic nitrogens is 3. The molecule has 2 heterocycles. The molecule has 6 nitrogen and oxygen atoms in total. The van der Waals surface area contributed by atoms with E-state index in [1.807, 2.05) is 12.1 Å². The number of rotatable bonds is 7. The number of hydrogen-bond acceptors (Lipinski definition) is 6. The van der Waals surface area contributed by atoms with Crippen molar-refractivity contribution < 1.29 is 18.7 Å². The van der Waals surface area contributed by atoms with Crippen LogP contribution in [0.5, 0.6) is 0 Å². The standard InChI is InChI=1S/C24H26F2N4O2S/c1-29-23(17-8-6-7-16(11-17)14-30-9-4-2-3-5-10-30)27-28-24(29)33-22-19(25)12-18(13-20(22)26)21(32)15-31/h6-8,11-13,31H,2-5,9-10,14-15H2,1H3. The summed E-state index contributed by atoms with van der Waals surface area (Å²) in [5, 5.41) is 17.6. The molecule has 174 valence electrons. The van der Waals surface area contributed by atoms with E-state index < -0.39 is 24.0 Å². The summed E-state index contributed by atoms with van der Waals surface area (Å²) in [7, 11) is 1.75. The van der Waals surface area contributed by atoms with Gasteiger partial charge in [0, 0.05) is 24.7 Å². The number of aliphatic hydroxyl groups is 1. The van der Waals surface area contributed by atoms with Crippen molar-refractivity contribution in [1.82, 2.24) is 19.7 Å². The van der Waals surface area contributed by atoms with Crippen molar-refractivity contribution in [3.05, 3.63) is 59.2 Å². The first-order valence-electron chi connectivity index (χ1n) is 11.0. The summed E-state index contributed by atoms with van der Waals surface area (Å²) in [4.78, 5) is 13.7. The largest absolute Gasteiger partial charge is 0.388 e. The maximum atomic E-state index is 14.5. The van der Waals surface area contributed by atoms with Gasteiger partial charge in [-0.15, -0.1) is 10.2 Å². The Kier molecular flexibility index (Phi) is 7.52. The highest BCUT2D eigenvalue weighted by molar-refractivity contribution is 7.99. The van der Waals surface area contributed by atoms with Crippen LogP contribution in [0.25, 0.3) is 11.4 Å². The molecule has 1 aromatic heterocycles. The Morgan fingerprint density at radius 3 is 2.42 bits per heavy atom. The van der Waals surface area contributed by atoms with Gasteiger partial charge in [-0.1, -0.05) is 31.0 Å². The van der Waals surface area contributed by atoms with E-state index in [2.05, 4.69) is 27.2 Å². The molecule has 1 saturated heterocycles. The van der Waals surface area contributed by atoms with E-state index in [1.54, 1.807) is 11.6 Å². The molecule has 2 aromatic carbocycles. The number of nitrogens with zero attached hydrogens (tertiary/aromatic N) is 4. The van der Waals surface area contributed by atoms with E-state index in [0.717, 1.165) is 49.1 Å². The first kappa shape index (κ1) is 23.5. The molecule has 0 unspecified atom stereocenters. The fourth-order valence-corrected chi connectivity index (χ4v) is 4.82. The highest BCUT2D eigenvalue weighted by Gasteiger charge is 2.20. The molecule has 0 aliphatic carbocycles. The molecule has 1 fully saturated rings. The number of carbonyl (C=O) groups is 1. The lowest BCUT2D eigenvalue weighted by molar-refractivity contribution is 0.0902. The van der Waals surface area contributed by atoms with E-state index in [-0.39, 0.29) is 10.5 Å². The average Bonchev–Trinajstić information content (AvgIpc) is 2.99. The number of hydrogen-bond donors (Lipinski definition) is 1. The Morgan fingerprint density at radius 2 is 1.76 bits per heavy atom. The summed E-state index contributed by atoms with van der Waals surface area (Å²) >= 11 is 0.803. The minimum atomic E-state index is -0.888. The highest BCUT2D eigenvalue weighted by Crippen LogP contribution is 2.33. The van der Waals surface area contributed by atoms with Crippen molar-refractivity contribution in [2.24, 2.45) is 7.05 Å². The van der Waals surface area contributed by atoms with Crippen molar-refractivity contribution in [3.8, 4) is 11.4 Å². The van der Waals surface area contributed by atoms with Crippen LogP contribution in [0.3, 0.4) is 0 Å². The zero-order valence-electron chi connectivity index (χ0n) is 18.4. The quantitative estimate of drug-likeness (QED) is 0.512. The molecule has 0 saturated carbocycles. The van der Waals surface area contributed by atoms with Gasteiger partial charge < -0.3 is 9.67 Å². The summed E-state index contributed by atoms with van der Waals surface area (Å²) < 4.78 is 30.7. The van der Waals surface area contributed by atoms with Gasteiger partial charge in [0.05, 0.1) is 4.90 Å². The van der Waals surface area contributed by atoms with Crippen molar-refractivity contribution in [2.45, 2.75) is 42.3 Å². The van der Waals surface area contributed by atoms with E-state index in [0.29, 0.717) is 11.0 Å². The van der Waals surface area contributed by atoms with Gasteiger partial charge in [0.25, 0.3) is 0 Å². The summed E-state index contributed by atoms with van der Waals surface area (Å²) in [6.45, 7) is 2.28. The van der Waals surface area contributed by atoms with Crippen LogP contribution in [-0.4, -0.2) is 50.3 Å². The summed E-state index contributed by atoms with van der Waals surface area (Å²) in [6.07, 6.45) is 5.03. The monoisotopic (exact) mass is 472 g/mol. The fraction of sp³-hybridized carbons (Fsp3) is 0.375. The third kappa shape index (κ3) is 5.48. The molecule has 1 aliphatic heterocycles. The van der Waals surface area contributed by atoms with Crippen molar-refractivity contribution in [3.63, 3.8) is 0 Å². The second kappa shape index (κ2) is 10.5. The number of likely N-dealkylation sites (tertiary alicyclic amines) is 1. The van der Waals surface area contributed by atoms with Gasteiger partial charge >= 0.3 is 0 Å². The van der Waals surface area contributed by atoms with Gasteiger partial charge in [0.1, 0.15) is 18.2 Å². The predicted molar refractivity (Wildman–Crippen MR) is 122 cm³/mol. The SMILES string of the molecule is Cn1c(Sc2c(F)cc(C(=O)CO)cc2F)nnc1-c1cccc(CN2CCCCCC2)c1. The van der Waals surface area contributed by atoms with E-state index in [1.165, 1.54) is 31.2 Å². The van der Waals surface area contributed by atoms with Crippen LogP contribution in [0.1, 0.15) is 41.6 Å². The topological polar surface area (TPSA) is 71.2 Å². The Labute approximate surface area is 195 Å². The number of carbonyl (C=O) groups excluding carboxylic acids is 1. The van der Waals surface area contributed by atoms with Crippen LogP contribution in [-0.2, 0) is 13.6 Å². The third-order valence-corrected chi connectivity index (χ3v) is 6.91. The normalized spacial score (nSPS) is 14.9. The summed E-state index contributed by atoms with van der Waals surface area (Å²) in [5.41, 5.74) is 1.86. The molecular weight excluding hydrogens is 446 g/mol. The van der Waals surface area contributed by atoms with E-state index in [9.17, 15) is 13.6 Å². The van der Waals surface area contributed by atoms with E-state index in [4.69, 9.17) is 5.11 Å². The second-order valence-electron chi connectivity index (χ2n) is 8.21. The Balaban J connectivity index is 1.54. The number of aliphatic hydroxyl groups excluding tert-OH is 1. The molecule has 0 bridgehead atoms. The molecule has 3 aromatic rings. The molecule has 0 spiro atoms. The van der Waals surface area contributed by atoms with Crippen LogP contribution in [0.4, 0.5) is 8.78 Å². The maximum Gasteiger partial charge on any atom is 0.196 e. The van der Waals surface area contributed by atoms with Crippen molar-refractivity contribution in [1.29, 1.82) is 0 Å². The lowest BCUT2D eigenvalue weighted by Gasteiger charge is -2.20. The molecule has 1 N–H and O–H groups in total. The molecule has 0 atom stereocenters. The van der Waals surface area contributed by atoms with Gasteiger partial charge in [0.15, 0.2) is 16.8 Å². The molecule has 9 heteroatoms. The molecule has 0 radical (unpaired) electrons.